The fourth-order valence-corrected chi connectivity index (χ4v) is 5.41. The molecule has 0 bridgehead atoms. The number of anilines is 1. The van der Waals surface area contributed by atoms with E-state index in [0.29, 0.717) is 0 Å². The van der Waals surface area contributed by atoms with Crippen molar-refractivity contribution in [3.8, 4) is 0 Å². The molecular weight excluding hydrogens is 402 g/mol. The zero-order valence-electron chi connectivity index (χ0n) is 17.7. The molecule has 162 valence electrons. The van der Waals surface area contributed by atoms with E-state index in [4.69, 9.17) is 0 Å². The maximum Gasteiger partial charge on any atom is 0.269 e. The number of nitro benzene ring substituents is 1. The molecule has 2 aliphatic heterocycles. The quantitative estimate of drug-likeness (QED) is 0.467. The van der Waals surface area contributed by atoms with Gasteiger partial charge in [-0.2, -0.15) is 0 Å². The van der Waals surface area contributed by atoms with Crippen molar-refractivity contribution in [1.29, 1.82) is 0 Å². The number of non-ortho nitro benzene ring substituents is 1. The van der Waals surface area contributed by atoms with Gasteiger partial charge in [-0.3, -0.25) is 14.9 Å². The number of nitrogens with zero attached hydrogens (tertiary/aromatic N) is 2. The fraction of sp³-hybridized carbons (Fsp3) is 0.269. The molecule has 6 nitrogen and oxygen atoms in total. The summed E-state index contributed by atoms with van der Waals surface area (Å²) < 4.78 is 0. The molecule has 0 saturated carbocycles. The predicted molar refractivity (Wildman–Crippen MR) is 124 cm³/mol. The second-order valence-corrected chi connectivity index (χ2v) is 8.64. The van der Waals surface area contributed by atoms with Crippen LogP contribution in [0.25, 0.3) is 0 Å². The number of para-hydroxylation sites is 1. The summed E-state index contributed by atoms with van der Waals surface area (Å²) in [4.78, 5) is 26.6. The highest BCUT2D eigenvalue weighted by Gasteiger charge is 2.54. The van der Waals surface area contributed by atoms with Crippen molar-refractivity contribution < 1.29 is 9.72 Å². The van der Waals surface area contributed by atoms with Crippen molar-refractivity contribution in [1.82, 2.24) is 4.90 Å². The zero-order valence-corrected chi connectivity index (χ0v) is 17.7. The second-order valence-electron chi connectivity index (χ2n) is 8.64. The monoisotopic (exact) mass is 427 g/mol. The van der Waals surface area contributed by atoms with Crippen LogP contribution < -0.4 is 5.32 Å². The molecule has 1 amide bonds. The van der Waals surface area contributed by atoms with E-state index in [2.05, 4.69) is 28.4 Å². The van der Waals surface area contributed by atoms with Crippen LogP contribution >= 0.6 is 0 Å². The van der Waals surface area contributed by atoms with Crippen molar-refractivity contribution in [2.24, 2.45) is 5.92 Å². The van der Waals surface area contributed by atoms with Crippen molar-refractivity contribution in [3.05, 3.63) is 106 Å². The van der Waals surface area contributed by atoms with Crippen LogP contribution in [0.2, 0.25) is 0 Å². The van der Waals surface area contributed by atoms with E-state index < -0.39 is 5.41 Å². The first-order valence-electron chi connectivity index (χ1n) is 11.0. The minimum absolute atomic E-state index is 0.0513. The van der Waals surface area contributed by atoms with Gasteiger partial charge < -0.3 is 10.2 Å². The number of rotatable bonds is 6. The van der Waals surface area contributed by atoms with Crippen LogP contribution in [0.3, 0.4) is 0 Å². The summed E-state index contributed by atoms with van der Waals surface area (Å²) in [5.74, 6) is 0.203. The minimum Gasteiger partial charge on any atom is -0.325 e. The molecule has 3 aromatic rings. The number of likely N-dealkylation sites (tertiary alicyclic amines) is 1. The normalized spacial score (nSPS) is 22.5. The van der Waals surface area contributed by atoms with E-state index >= 15 is 0 Å². The summed E-state index contributed by atoms with van der Waals surface area (Å²) in [5.41, 5.74) is 3.39. The Labute approximate surface area is 187 Å². The molecule has 2 atom stereocenters. The summed E-state index contributed by atoms with van der Waals surface area (Å²) in [5, 5.41) is 14.2. The van der Waals surface area contributed by atoms with Crippen molar-refractivity contribution in [3.63, 3.8) is 0 Å². The lowest BCUT2D eigenvalue weighted by Crippen LogP contribution is -2.44. The molecule has 0 spiro atoms. The lowest BCUT2D eigenvalue weighted by molar-refractivity contribution is -0.384. The van der Waals surface area contributed by atoms with Gasteiger partial charge >= 0.3 is 0 Å². The Bertz CT molecular complexity index is 1160. The number of hydrogen-bond donors (Lipinski definition) is 1. The summed E-state index contributed by atoms with van der Waals surface area (Å²) >= 11 is 0. The maximum absolute atomic E-state index is 13.5. The molecule has 5 rings (SSSR count). The van der Waals surface area contributed by atoms with Gasteiger partial charge in [0.2, 0.25) is 5.91 Å². The van der Waals surface area contributed by atoms with E-state index in [1.807, 2.05) is 42.5 Å². The molecule has 1 N–H and O–H groups in total. The standard InChI is InChI=1S/C26H25N3O3/c30-25-26(20-8-2-1-3-9-20,23-11-4-5-12-24(23)27-25)21-14-16-28(18-21)15-13-19-7-6-10-22(17-19)29(31)32/h1-12,17,21H,13-16,18H2,(H,27,30)/t21-,26?/m1/s1. The van der Waals surface area contributed by atoms with E-state index in [1.54, 1.807) is 12.1 Å². The first-order chi connectivity index (χ1) is 15.6. The number of carbonyl (C=O) groups is 1. The number of benzene rings is 3. The van der Waals surface area contributed by atoms with Gasteiger partial charge in [-0.15, -0.1) is 0 Å². The van der Waals surface area contributed by atoms with Crippen molar-refractivity contribution in [2.75, 3.05) is 25.0 Å². The summed E-state index contributed by atoms with van der Waals surface area (Å²) in [7, 11) is 0. The largest absolute Gasteiger partial charge is 0.325 e. The third kappa shape index (κ3) is 3.37. The average Bonchev–Trinajstić information content (AvgIpc) is 3.40. The summed E-state index contributed by atoms with van der Waals surface area (Å²) in [6.07, 6.45) is 1.67. The van der Waals surface area contributed by atoms with Crippen molar-refractivity contribution >= 4 is 17.3 Å². The highest BCUT2D eigenvalue weighted by Crippen LogP contribution is 2.50. The molecule has 2 heterocycles. The van der Waals surface area contributed by atoms with Gasteiger partial charge in [0.1, 0.15) is 5.41 Å². The van der Waals surface area contributed by atoms with E-state index in [0.717, 1.165) is 54.9 Å². The van der Waals surface area contributed by atoms with Crippen LogP contribution in [0.5, 0.6) is 0 Å². The highest BCUT2D eigenvalue weighted by molar-refractivity contribution is 6.09. The average molecular weight is 428 g/mol. The van der Waals surface area contributed by atoms with Gasteiger partial charge in [-0.1, -0.05) is 60.7 Å². The van der Waals surface area contributed by atoms with Crippen LogP contribution in [0.4, 0.5) is 11.4 Å². The lowest BCUT2D eigenvalue weighted by Gasteiger charge is -2.34. The minimum atomic E-state index is -0.696. The number of nitro groups is 1. The molecule has 2 aliphatic rings. The topological polar surface area (TPSA) is 75.5 Å². The Balaban J connectivity index is 1.40. The number of nitrogens with one attached hydrogen (secondary N) is 1. The highest BCUT2D eigenvalue weighted by atomic mass is 16.6. The molecule has 0 aromatic heterocycles. The number of fused-ring (bicyclic) bond motifs is 1. The number of amides is 1. The van der Waals surface area contributed by atoms with E-state index in [1.165, 1.54) is 6.07 Å². The molecule has 1 unspecified atom stereocenters. The Morgan fingerprint density at radius 1 is 1.03 bits per heavy atom. The maximum atomic E-state index is 13.5. The molecule has 1 fully saturated rings. The van der Waals surface area contributed by atoms with Gasteiger partial charge in [0, 0.05) is 30.9 Å². The molecule has 3 aromatic carbocycles. The molecule has 1 saturated heterocycles. The van der Waals surface area contributed by atoms with Crippen LogP contribution in [0.15, 0.2) is 78.9 Å². The molecule has 0 radical (unpaired) electrons. The summed E-state index contributed by atoms with van der Waals surface area (Å²) in [6.45, 7) is 2.53. The van der Waals surface area contributed by atoms with Gasteiger partial charge in [-0.05, 0) is 48.1 Å². The van der Waals surface area contributed by atoms with Crippen molar-refractivity contribution in [2.45, 2.75) is 18.3 Å². The number of carbonyl (C=O) groups excluding carboxylic acids is 1. The van der Waals surface area contributed by atoms with Crippen LogP contribution in [-0.4, -0.2) is 35.4 Å². The molecule has 6 heteroatoms. The van der Waals surface area contributed by atoms with Crippen LogP contribution in [-0.2, 0) is 16.6 Å². The Hall–Kier alpha value is -3.51. The van der Waals surface area contributed by atoms with Crippen LogP contribution in [0.1, 0.15) is 23.1 Å². The van der Waals surface area contributed by atoms with E-state index in [-0.39, 0.29) is 22.4 Å². The molecular formula is C26H25N3O3. The first-order valence-corrected chi connectivity index (χ1v) is 11.0. The summed E-state index contributed by atoms with van der Waals surface area (Å²) in [6, 6.07) is 25.0. The smallest absolute Gasteiger partial charge is 0.269 e. The van der Waals surface area contributed by atoms with Gasteiger partial charge in [0.25, 0.3) is 5.69 Å². The Morgan fingerprint density at radius 2 is 1.81 bits per heavy atom. The Morgan fingerprint density at radius 3 is 2.62 bits per heavy atom. The third-order valence-corrected chi connectivity index (χ3v) is 6.91. The Kier molecular flexibility index (Phi) is 5.23. The predicted octanol–water partition coefficient (Wildman–Crippen LogP) is 4.40. The first kappa shape index (κ1) is 20.4. The number of hydrogen-bond acceptors (Lipinski definition) is 4. The van der Waals surface area contributed by atoms with Gasteiger partial charge in [0.05, 0.1) is 4.92 Å². The van der Waals surface area contributed by atoms with Gasteiger partial charge in [-0.25, -0.2) is 0 Å². The fourth-order valence-electron chi connectivity index (χ4n) is 5.41. The molecule has 0 aliphatic carbocycles. The van der Waals surface area contributed by atoms with Crippen LogP contribution in [0, 0.1) is 16.0 Å². The second kappa shape index (κ2) is 8.20. The SMILES string of the molecule is O=C1Nc2ccccc2C1(c1ccccc1)[C@@H]1CCN(CCc2cccc([N+](=O)[O-])c2)C1. The zero-order chi connectivity index (χ0) is 22.1. The van der Waals surface area contributed by atoms with Gasteiger partial charge in [0.15, 0.2) is 0 Å². The third-order valence-electron chi connectivity index (χ3n) is 6.91. The molecule has 32 heavy (non-hydrogen) atoms. The lowest BCUT2D eigenvalue weighted by atomic mass is 9.66. The van der Waals surface area contributed by atoms with E-state index in [9.17, 15) is 14.9 Å².